The van der Waals surface area contributed by atoms with Gasteiger partial charge in [-0.15, -0.1) is 0 Å². The van der Waals surface area contributed by atoms with Crippen molar-refractivity contribution in [2.75, 3.05) is 5.32 Å². The van der Waals surface area contributed by atoms with E-state index in [0.29, 0.717) is 22.2 Å². The minimum atomic E-state index is -0.724. The molecule has 5 nitrogen and oxygen atoms in total. The number of benzene rings is 2. The van der Waals surface area contributed by atoms with E-state index in [-0.39, 0.29) is 11.7 Å². The Morgan fingerprint density at radius 1 is 1.09 bits per heavy atom. The van der Waals surface area contributed by atoms with Gasteiger partial charge in [0.2, 0.25) is 5.76 Å². The number of carbonyl (C=O) groups is 2. The molecule has 2 aromatic carbocycles. The van der Waals surface area contributed by atoms with Gasteiger partial charge in [-0.3, -0.25) is 9.59 Å². The van der Waals surface area contributed by atoms with E-state index in [1.807, 2.05) is 19.1 Å². The standard InChI is InChI=1S/C18H16N2O3/c1-2-11-7-9-12(10-8-11)18(22)20-15-13-5-3-4-6-14(13)23-16(15)17(19)21/h3-10H,2H2,1H3,(H2,19,21)(H,20,22). The molecule has 5 heteroatoms. The summed E-state index contributed by atoms with van der Waals surface area (Å²) in [6.45, 7) is 2.05. The van der Waals surface area contributed by atoms with Crippen LogP contribution in [0.25, 0.3) is 11.0 Å². The Hall–Kier alpha value is -3.08. The van der Waals surface area contributed by atoms with Gasteiger partial charge in [-0.25, -0.2) is 0 Å². The molecule has 0 atom stereocenters. The highest BCUT2D eigenvalue weighted by molar-refractivity contribution is 6.14. The van der Waals surface area contributed by atoms with Crippen molar-refractivity contribution in [1.29, 1.82) is 0 Å². The predicted molar refractivity (Wildman–Crippen MR) is 88.5 cm³/mol. The number of hydrogen-bond donors (Lipinski definition) is 2. The first-order valence-electron chi connectivity index (χ1n) is 7.31. The van der Waals surface area contributed by atoms with Crippen molar-refractivity contribution in [1.82, 2.24) is 0 Å². The minimum absolute atomic E-state index is 0.0512. The van der Waals surface area contributed by atoms with E-state index in [9.17, 15) is 9.59 Å². The van der Waals surface area contributed by atoms with Crippen LogP contribution in [0, 0.1) is 0 Å². The molecule has 0 saturated carbocycles. The van der Waals surface area contributed by atoms with E-state index in [1.54, 1.807) is 36.4 Å². The summed E-state index contributed by atoms with van der Waals surface area (Å²) in [5, 5.41) is 3.37. The number of anilines is 1. The number of hydrogen-bond acceptors (Lipinski definition) is 3. The van der Waals surface area contributed by atoms with Crippen molar-refractivity contribution in [2.24, 2.45) is 5.73 Å². The molecule has 0 radical (unpaired) electrons. The van der Waals surface area contributed by atoms with Crippen LogP contribution in [0.2, 0.25) is 0 Å². The van der Waals surface area contributed by atoms with Crippen LogP contribution in [0.15, 0.2) is 52.9 Å². The minimum Gasteiger partial charge on any atom is -0.449 e. The second-order valence-electron chi connectivity index (χ2n) is 5.17. The molecule has 2 amide bonds. The fraction of sp³-hybridized carbons (Fsp3) is 0.111. The van der Waals surface area contributed by atoms with Gasteiger partial charge >= 0.3 is 0 Å². The maximum absolute atomic E-state index is 12.4. The molecule has 0 spiro atoms. The summed E-state index contributed by atoms with van der Waals surface area (Å²) < 4.78 is 5.44. The van der Waals surface area contributed by atoms with E-state index in [4.69, 9.17) is 10.2 Å². The Labute approximate surface area is 133 Å². The third kappa shape index (κ3) is 2.81. The lowest BCUT2D eigenvalue weighted by Gasteiger charge is -2.05. The molecule has 0 bridgehead atoms. The lowest BCUT2D eigenvalue weighted by Crippen LogP contribution is -2.17. The number of amides is 2. The summed E-state index contributed by atoms with van der Waals surface area (Å²) in [5.74, 6) is -1.09. The number of primary amides is 1. The third-order valence-corrected chi connectivity index (χ3v) is 3.68. The quantitative estimate of drug-likeness (QED) is 0.775. The molecule has 0 aliphatic heterocycles. The Balaban J connectivity index is 1.98. The summed E-state index contributed by atoms with van der Waals surface area (Å²) in [6.07, 6.45) is 0.903. The van der Waals surface area contributed by atoms with Crippen LogP contribution < -0.4 is 11.1 Å². The highest BCUT2D eigenvalue weighted by Crippen LogP contribution is 2.30. The van der Waals surface area contributed by atoms with Gasteiger partial charge in [-0.1, -0.05) is 31.2 Å². The number of furan rings is 1. The molecule has 3 aromatic rings. The van der Waals surface area contributed by atoms with Gasteiger partial charge < -0.3 is 15.5 Å². The Morgan fingerprint density at radius 2 is 1.78 bits per heavy atom. The Bertz CT molecular complexity index is 879. The lowest BCUT2D eigenvalue weighted by molar-refractivity contribution is 0.0977. The van der Waals surface area contributed by atoms with Crippen LogP contribution in [-0.2, 0) is 6.42 Å². The molecule has 3 N–H and O–H groups in total. The lowest BCUT2D eigenvalue weighted by atomic mass is 10.1. The van der Waals surface area contributed by atoms with Crippen LogP contribution in [0.4, 0.5) is 5.69 Å². The molecule has 1 aromatic heterocycles. The summed E-state index contributed by atoms with van der Waals surface area (Å²) in [7, 11) is 0. The molecule has 116 valence electrons. The van der Waals surface area contributed by atoms with Crippen molar-refractivity contribution in [2.45, 2.75) is 13.3 Å². The number of carbonyl (C=O) groups excluding carboxylic acids is 2. The van der Waals surface area contributed by atoms with Crippen LogP contribution in [0.1, 0.15) is 33.4 Å². The predicted octanol–water partition coefficient (Wildman–Crippen LogP) is 3.35. The number of para-hydroxylation sites is 1. The molecule has 0 saturated heterocycles. The summed E-state index contributed by atoms with van der Waals surface area (Å²) in [6, 6.07) is 14.4. The van der Waals surface area contributed by atoms with Crippen molar-refractivity contribution >= 4 is 28.5 Å². The van der Waals surface area contributed by atoms with Crippen LogP contribution in [-0.4, -0.2) is 11.8 Å². The van der Waals surface area contributed by atoms with E-state index in [0.717, 1.165) is 12.0 Å². The van der Waals surface area contributed by atoms with Gasteiger partial charge in [-0.2, -0.15) is 0 Å². The molecule has 3 rings (SSSR count). The average Bonchev–Trinajstić information content (AvgIpc) is 2.94. The monoisotopic (exact) mass is 308 g/mol. The molecule has 0 fully saturated rings. The van der Waals surface area contributed by atoms with Gasteiger partial charge in [0.25, 0.3) is 11.8 Å². The first-order valence-corrected chi connectivity index (χ1v) is 7.31. The highest BCUT2D eigenvalue weighted by atomic mass is 16.3. The van der Waals surface area contributed by atoms with Crippen molar-refractivity contribution < 1.29 is 14.0 Å². The molecule has 0 unspecified atom stereocenters. The summed E-state index contributed by atoms with van der Waals surface area (Å²) in [4.78, 5) is 24.0. The first-order chi connectivity index (χ1) is 11.1. The number of fused-ring (bicyclic) bond motifs is 1. The SMILES string of the molecule is CCc1ccc(C(=O)Nc2c(C(N)=O)oc3ccccc23)cc1. The summed E-state index contributed by atoms with van der Waals surface area (Å²) in [5.41, 5.74) is 7.80. The zero-order valence-corrected chi connectivity index (χ0v) is 12.6. The van der Waals surface area contributed by atoms with Gasteiger partial charge in [0.1, 0.15) is 11.3 Å². The fourth-order valence-electron chi connectivity index (χ4n) is 2.42. The molecule has 1 heterocycles. The van der Waals surface area contributed by atoms with E-state index >= 15 is 0 Å². The topological polar surface area (TPSA) is 85.3 Å². The zero-order chi connectivity index (χ0) is 16.4. The van der Waals surface area contributed by atoms with Gasteiger partial charge in [0.15, 0.2) is 0 Å². The number of nitrogens with two attached hydrogens (primary N) is 1. The molecule has 0 aliphatic rings. The second kappa shape index (κ2) is 5.96. The average molecular weight is 308 g/mol. The second-order valence-corrected chi connectivity index (χ2v) is 5.17. The van der Waals surface area contributed by atoms with Crippen LogP contribution >= 0.6 is 0 Å². The molecule has 0 aliphatic carbocycles. The third-order valence-electron chi connectivity index (χ3n) is 3.68. The van der Waals surface area contributed by atoms with Crippen LogP contribution in [0.5, 0.6) is 0 Å². The number of nitrogens with one attached hydrogen (secondary N) is 1. The van der Waals surface area contributed by atoms with Crippen molar-refractivity contribution in [3.63, 3.8) is 0 Å². The van der Waals surface area contributed by atoms with Crippen molar-refractivity contribution in [3.05, 3.63) is 65.4 Å². The van der Waals surface area contributed by atoms with E-state index in [2.05, 4.69) is 5.32 Å². The van der Waals surface area contributed by atoms with E-state index in [1.165, 1.54) is 0 Å². The summed E-state index contributed by atoms with van der Waals surface area (Å²) >= 11 is 0. The smallest absolute Gasteiger partial charge is 0.286 e. The normalized spacial score (nSPS) is 10.7. The van der Waals surface area contributed by atoms with Gasteiger partial charge in [0, 0.05) is 10.9 Å². The van der Waals surface area contributed by atoms with Crippen molar-refractivity contribution in [3.8, 4) is 0 Å². The Morgan fingerprint density at radius 3 is 2.43 bits per heavy atom. The van der Waals surface area contributed by atoms with E-state index < -0.39 is 5.91 Å². The molecular formula is C18H16N2O3. The van der Waals surface area contributed by atoms with Gasteiger partial charge in [-0.05, 0) is 36.2 Å². The maximum Gasteiger partial charge on any atom is 0.286 e. The maximum atomic E-state index is 12.4. The number of aryl methyl sites for hydroxylation is 1. The Kier molecular flexibility index (Phi) is 3.85. The van der Waals surface area contributed by atoms with Crippen LogP contribution in [0.3, 0.4) is 0 Å². The fourth-order valence-corrected chi connectivity index (χ4v) is 2.42. The highest BCUT2D eigenvalue weighted by Gasteiger charge is 2.20. The molecular weight excluding hydrogens is 292 g/mol. The largest absolute Gasteiger partial charge is 0.449 e. The first kappa shape index (κ1) is 14.8. The zero-order valence-electron chi connectivity index (χ0n) is 12.6. The molecule has 23 heavy (non-hydrogen) atoms. The van der Waals surface area contributed by atoms with Gasteiger partial charge in [0.05, 0.1) is 0 Å². The number of rotatable bonds is 4.